The molecule has 0 heterocycles. The summed E-state index contributed by atoms with van der Waals surface area (Å²) in [5.74, 6) is 1.14. The van der Waals surface area contributed by atoms with Gasteiger partial charge in [0, 0.05) is 24.7 Å². The first-order chi connectivity index (χ1) is 8.67. The molecular formula is C13H19N3O2. The Hall–Kier alpha value is -1.91. The fourth-order valence-electron chi connectivity index (χ4n) is 2.03. The highest BCUT2D eigenvalue weighted by Crippen LogP contribution is 2.48. The Balaban J connectivity index is 1.91. The third-order valence-electron chi connectivity index (χ3n) is 3.38. The van der Waals surface area contributed by atoms with Crippen LogP contribution in [0.25, 0.3) is 0 Å². The molecule has 0 radical (unpaired) electrons. The number of anilines is 1. The fraction of sp³-hybridized carbons (Fsp3) is 0.462. The number of nitrogens with zero attached hydrogens (tertiary/aromatic N) is 1. The van der Waals surface area contributed by atoms with Gasteiger partial charge >= 0.3 is 0 Å². The van der Waals surface area contributed by atoms with E-state index in [-0.39, 0.29) is 5.41 Å². The first-order valence-corrected chi connectivity index (χ1v) is 6.02. The maximum absolute atomic E-state index is 8.61. The van der Waals surface area contributed by atoms with Gasteiger partial charge in [-0.25, -0.2) is 0 Å². The summed E-state index contributed by atoms with van der Waals surface area (Å²) in [6.45, 7) is 0.830. The van der Waals surface area contributed by atoms with E-state index in [1.165, 1.54) is 0 Å². The van der Waals surface area contributed by atoms with Crippen molar-refractivity contribution in [1.82, 2.24) is 0 Å². The monoisotopic (exact) mass is 249 g/mol. The molecule has 0 unspecified atom stereocenters. The van der Waals surface area contributed by atoms with Gasteiger partial charge in [0.25, 0.3) is 0 Å². The van der Waals surface area contributed by atoms with Crippen LogP contribution in [0.5, 0.6) is 5.75 Å². The van der Waals surface area contributed by atoms with E-state index in [0.717, 1.165) is 30.8 Å². The molecule has 0 spiro atoms. The summed E-state index contributed by atoms with van der Waals surface area (Å²) in [6, 6.07) is 7.82. The number of amidine groups is 1. The first-order valence-electron chi connectivity index (χ1n) is 6.02. The molecule has 1 fully saturated rings. The molecule has 0 aromatic heterocycles. The minimum absolute atomic E-state index is 0.152. The summed E-state index contributed by atoms with van der Waals surface area (Å²) >= 11 is 0. The number of ether oxygens (including phenoxy) is 1. The smallest absolute Gasteiger partial charge is 0.139 e. The van der Waals surface area contributed by atoms with E-state index in [0.29, 0.717) is 12.3 Å². The van der Waals surface area contributed by atoms with Crippen LogP contribution in [0.3, 0.4) is 0 Å². The van der Waals surface area contributed by atoms with Gasteiger partial charge in [0.05, 0.1) is 7.11 Å². The molecule has 1 saturated carbocycles. The van der Waals surface area contributed by atoms with Crippen molar-refractivity contribution >= 4 is 11.5 Å². The topological polar surface area (TPSA) is 79.9 Å². The number of rotatable bonds is 6. The molecule has 2 rings (SSSR count). The number of nitrogens with one attached hydrogen (secondary N) is 1. The van der Waals surface area contributed by atoms with E-state index in [4.69, 9.17) is 15.7 Å². The van der Waals surface area contributed by atoms with Crippen molar-refractivity contribution in [2.24, 2.45) is 16.3 Å². The molecule has 0 atom stereocenters. The molecule has 1 aromatic rings. The third-order valence-corrected chi connectivity index (χ3v) is 3.38. The molecule has 4 N–H and O–H groups in total. The van der Waals surface area contributed by atoms with Gasteiger partial charge in [0.2, 0.25) is 0 Å². The van der Waals surface area contributed by atoms with Crippen LogP contribution in [-0.4, -0.2) is 24.7 Å². The summed E-state index contributed by atoms with van der Waals surface area (Å²) in [6.07, 6.45) is 2.86. The molecule has 98 valence electrons. The van der Waals surface area contributed by atoms with E-state index in [9.17, 15) is 0 Å². The van der Waals surface area contributed by atoms with Gasteiger partial charge in [0.15, 0.2) is 0 Å². The third kappa shape index (κ3) is 3.06. The van der Waals surface area contributed by atoms with Crippen LogP contribution in [0.2, 0.25) is 0 Å². The van der Waals surface area contributed by atoms with Crippen LogP contribution < -0.4 is 15.8 Å². The summed E-state index contributed by atoms with van der Waals surface area (Å²) < 4.78 is 5.17. The zero-order chi connectivity index (χ0) is 13.0. The van der Waals surface area contributed by atoms with Crippen LogP contribution >= 0.6 is 0 Å². The molecule has 5 heteroatoms. The van der Waals surface area contributed by atoms with E-state index in [2.05, 4.69) is 10.5 Å². The average Bonchev–Trinajstić information content (AvgIpc) is 3.17. The highest BCUT2D eigenvalue weighted by atomic mass is 16.5. The summed E-state index contributed by atoms with van der Waals surface area (Å²) in [7, 11) is 1.65. The van der Waals surface area contributed by atoms with Crippen molar-refractivity contribution in [3.05, 3.63) is 24.3 Å². The van der Waals surface area contributed by atoms with Crippen LogP contribution in [0.1, 0.15) is 19.3 Å². The zero-order valence-corrected chi connectivity index (χ0v) is 10.5. The second-order valence-corrected chi connectivity index (χ2v) is 4.85. The minimum atomic E-state index is 0.152. The maximum atomic E-state index is 8.61. The summed E-state index contributed by atoms with van der Waals surface area (Å²) in [5.41, 5.74) is 6.75. The molecule has 1 aliphatic carbocycles. The highest BCUT2D eigenvalue weighted by Gasteiger charge is 2.43. The lowest BCUT2D eigenvalue weighted by molar-refractivity contribution is 0.315. The number of nitrogens with two attached hydrogens (primary N) is 1. The van der Waals surface area contributed by atoms with Gasteiger partial charge in [-0.05, 0) is 30.4 Å². The van der Waals surface area contributed by atoms with Crippen molar-refractivity contribution in [2.45, 2.75) is 19.3 Å². The molecule has 0 amide bonds. The van der Waals surface area contributed by atoms with E-state index in [1.54, 1.807) is 7.11 Å². The molecule has 0 bridgehead atoms. The Morgan fingerprint density at radius 2 is 2.33 bits per heavy atom. The molecule has 0 saturated heterocycles. The van der Waals surface area contributed by atoms with Crippen LogP contribution in [0.15, 0.2) is 29.4 Å². The van der Waals surface area contributed by atoms with E-state index in [1.807, 2.05) is 24.3 Å². The Bertz CT molecular complexity index is 442. The highest BCUT2D eigenvalue weighted by molar-refractivity contribution is 5.80. The molecule has 1 aromatic carbocycles. The molecule has 5 nitrogen and oxygen atoms in total. The number of methoxy groups -OCH3 is 1. The Labute approximate surface area is 107 Å². The predicted octanol–water partition coefficient (Wildman–Crippen LogP) is 2.02. The van der Waals surface area contributed by atoms with Crippen molar-refractivity contribution in [3.63, 3.8) is 0 Å². The maximum Gasteiger partial charge on any atom is 0.139 e. The van der Waals surface area contributed by atoms with Crippen LogP contribution in [-0.2, 0) is 0 Å². The van der Waals surface area contributed by atoms with Crippen molar-refractivity contribution < 1.29 is 9.94 Å². The van der Waals surface area contributed by atoms with Gasteiger partial charge < -0.3 is 21.0 Å². The van der Waals surface area contributed by atoms with Crippen LogP contribution in [0, 0.1) is 5.41 Å². The van der Waals surface area contributed by atoms with Crippen molar-refractivity contribution in [3.8, 4) is 5.75 Å². The average molecular weight is 249 g/mol. The largest absolute Gasteiger partial charge is 0.497 e. The Morgan fingerprint density at radius 1 is 1.56 bits per heavy atom. The standard InChI is InChI=1S/C13H19N3O2/c1-18-11-4-2-3-10(7-11)15-9-13(5-6-13)8-12(14)16-17/h2-4,7,15,17H,5-6,8-9H2,1H3,(H2,14,16). The van der Waals surface area contributed by atoms with Crippen molar-refractivity contribution in [1.29, 1.82) is 0 Å². The molecule has 18 heavy (non-hydrogen) atoms. The van der Waals surface area contributed by atoms with E-state index < -0.39 is 0 Å². The summed E-state index contributed by atoms with van der Waals surface area (Å²) in [4.78, 5) is 0. The fourth-order valence-corrected chi connectivity index (χ4v) is 2.03. The van der Waals surface area contributed by atoms with Gasteiger partial charge in [-0.3, -0.25) is 0 Å². The summed E-state index contributed by atoms with van der Waals surface area (Å²) in [5, 5.41) is 15.0. The van der Waals surface area contributed by atoms with Crippen molar-refractivity contribution in [2.75, 3.05) is 19.0 Å². The second kappa shape index (κ2) is 5.16. The van der Waals surface area contributed by atoms with E-state index >= 15 is 0 Å². The SMILES string of the molecule is COc1cccc(NCC2(CC(N)=NO)CC2)c1. The van der Waals surface area contributed by atoms with Gasteiger partial charge in [0.1, 0.15) is 11.6 Å². The molecule has 0 aliphatic heterocycles. The number of benzene rings is 1. The Morgan fingerprint density at radius 3 is 2.94 bits per heavy atom. The van der Waals surface area contributed by atoms with Gasteiger partial charge in [-0.2, -0.15) is 0 Å². The van der Waals surface area contributed by atoms with Gasteiger partial charge in [-0.1, -0.05) is 11.2 Å². The number of oxime groups is 1. The van der Waals surface area contributed by atoms with Crippen LogP contribution in [0.4, 0.5) is 5.69 Å². The normalized spacial score (nSPS) is 17.3. The second-order valence-electron chi connectivity index (χ2n) is 4.85. The number of hydrogen-bond acceptors (Lipinski definition) is 4. The lowest BCUT2D eigenvalue weighted by Crippen LogP contribution is -2.23. The lowest BCUT2D eigenvalue weighted by atomic mass is 10.0. The quantitative estimate of drug-likeness (QED) is 0.312. The number of hydrogen-bond donors (Lipinski definition) is 3. The molecular weight excluding hydrogens is 230 g/mol. The minimum Gasteiger partial charge on any atom is -0.497 e. The lowest BCUT2D eigenvalue weighted by Gasteiger charge is -2.16. The Kier molecular flexibility index (Phi) is 3.60. The first kappa shape index (κ1) is 12.5. The van der Waals surface area contributed by atoms with Gasteiger partial charge in [-0.15, -0.1) is 0 Å². The molecule has 1 aliphatic rings. The predicted molar refractivity (Wildman–Crippen MR) is 71.2 cm³/mol. The zero-order valence-electron chi connectivity index (χ0n) is 10.5.